The third kappa shape index (κ3) is 4.49. The molecule has 0 aromatic heterocycles. The molecule has 0 heterocycles. The Labute approximate surface area is 132 Å². The Hall–Kier alpha value is -2.53. The Morgan fingerprint density at radius 3 is 2.50 bits per heavy atom. The van der Waals surface area contributed by atoms with Crippen molar-refractivity contribution in [2.24, 2.45) is 0 Å². The van der Waals surface area contributed by atoms with Crippen molar-refractivity contribution in [3.63, 3.8) is 0 Å². The smallest absolute Gasteiger partial charge is 0.408 e. The van der Waals surface area contributed by atoms with Crippen LogP contribution in [0.3, 0.4) is 0 Å². The molecule has 0 aliphatic heterocycles. The normalized spacial score (nSPS) is 11.5. The molecule has 0 radical (unpaired) electrons. The summed E-state index contributed by atoms with van der Waals surface area (Å²) in [5.41, 5.74) is 1.18. The van der Waals surface area contributed by atoms with E-state index >= 15 is 0 Å². The summed E-state index contributed by atoms with van der Waals surface area (Å²) in [5, 5.41) is 11.9. The summed E-state index contributed by atoms with van der Waals surface area (Å²) in [7, 11) is 0. The minimum atomic E-state index is -1.22. The number of ether oxygens (including phenoxy) is 1. The monoisotopic (exact) mass is 319 g/mol. The highest BCUT2D eigenvalue weighted by atomic mass is 35.5. The average molecular weight is 320 g/mol. The summed E-state index contributed by atoms with van der Waals surface area (Å²) < 4.78 is 5.01. The summed E-state index contributed by atoms with van der Waals surface area (Å²) in [6.07, 6.45) is -0.809. The number of amides is 1. The maximum absolute atomic E-state index is 11.8. The molecule has 0 saturated carbocycles. The first kappa shape index (κ1) is 15.9. The second-order valence-corrected chi connectivity index (χ2v) is 4.97. The zero-order valence-electron chi connectivity index (χ0n) is 11.5. The fourth-order valence-corrected chi connectivity index (χ4v) is 2.06. The Bertz CT molecular complexity index is 660. The van der Waals surface area contributed by atoms with E-state index in [9.17, 15) is 14.7 Å². The van der Waals surface area contributed by atoms with E-state index in [1.165, 1.54) is 6.07 Å². The van der Waals surface area contributed by atoms with E-state index < -0.39 is 18.1 Å². The zero-order valence-corrected chi connectivity index (χ0v) is 12.3. The van der Waals surface area contributed by atoms with E-state index in [2.05, 4.69) is 5.32 Å². The second kappa shape index (κ2) is 7.47. The van der Waals surface area contributed by atoms with Gasteiger partial charge in [-0.1, -0.05) is 54.1 Å². The van der Waals surface area contributed by atoms with Crippen molar-refractivity contribution in [2.75, 3.05) is 0 Å². The van der Waals surface area contributed by atoms with Gasteiger partial charge in [0.1, 0.15) is 6.61 Å². The molecule has 0 bridgehead atoms. The molecule has 0 saturated heterocycles. The number of rotatable bonds is 5. The molecule has 2 aromatic rings. The number of carboxylic acid groups (broad SMARTS) is 1. The van der Waals surface area contributed by atoms with Gasteiger partial charge in [0, 0.05) is 5.02 Å². The maximum Gasteiger partial charge on any atom is 0.408 e. The molecule has 2 N–H and O–H groups in total. The zero-order chi connectivity index (χ0) is 15.9. The summed E-state index contributed by atoms with van der Waals surface area (Å²) in [6.45, 7) is 0.0640. The molecule has 22 heavy (non-hydrogen) atoms. The van der Waals surface area contributed by atoms with E-state index in [0.29, 0.717) is 10.6 Å². The molecular weight excluding hydrogens is 306 g/mol. The van der Waals surface area contributed by atoms with Crippen LogP contribution in [-0.4, -0.2) is 17.2 Å². The molecule has 1 unspecified atom stereocenters. The highest BCUT2D eigenvalue weighted by Crippen LogP contribution is 2.18. The third-order valence-corrected chi connectivity index (χ3v) is 3.14. The van der Waals surface area contributed by atoms with Crippen molar-refractivity contribution >= 4 is 23.7 Å². The number of benzene rings is 2. The van der Waals surface area contributed by atoms with Gasteiger partial charge in [0.05, 0.1) is 0 Å². The lowest BCUT2D eigenvalue weighted by molar-refractivity contribution is -0.139. The van der Waals surface area contributed by atoms with Gasteiger partial charge in [0.15, 0.2) is 6.04 Å². The molecule has 1 amide bonds. The molecule has 0 fully saturated rings. The molecule has 0 aliphatic rings. The number of halogens is 1. The third-order valence-electron chi connectivity index (χ3n) is 2.90. The summed E-state index contributed by atoms with van der Waals surface area (Å²) in [4.78, 5) is 23.1. The van der Waals surface area contributed by atoms with E-state index in [1.807, 2.05) is 18.2 Å². The standard InChI is InChI=1S/C16H14ClNO4/c17-13-8-4-7-12(9-13)14(15(19)20)18-16(21)22-10-11-5-2-1-3-6-11/h1-9,14H,10H2,(H,18,21)(H,19,20). The topological polar surface area (TPSA) is 75.6 Å². The van der Waals surface area contributed by atoms with Crippen molar-refractivity contribution in [2.45, 2.75) is 12.6 Å². The van der Waals surface area contributed by atoms with Gasteiger partial charge in [0.2, 0.25) is 0 Å². The molecule has 2 rings (SSSR count). The van der Waals surface area contributed by atoms with Crippen molar-refractivity contribution in [1.82, 2.24) is 5.32 Å². The molecule has 1 atom stereocenters. The Kier molecular flexibility index (Phi) is 5.38. The number of aliphatic carboxylic acids is 1. The number of carbonyl (C=O) groups excluding carboxylic acids is 1. The molecule has 0 aliphatic carbocycles. The number of hydrogen-bond acceptors (Lipinski definition) is 3. The Morgan fingerprint density at radius 2 is 1.86 bits per heavy atom. The number of carbonyl (C=O) groups is 2. The minimum absolute atomic E-state index is 0.0640. The van der Waals surface area contributed by atoms with Crippen molar-refractivity contribution < 1.29 is 19.4 Å². The molecule has 5 nitrogen and oxygen atoms in total. The van der Waals surface area contributed by atoms with Crippen LogP contribution in [0.25, 0.3) is 0 Å². The van der Waals surface area contributed by atoms with Crippen LogP contribution in [0.15, 0.2) is 54.6 Å². The molecule has 114 valence electrons. The lowest BCUT2D eigenvalue weighted by Gasteiger charge is -2.15. The van der Waals surface area contributed by atoms with Crippen LogP contribution in [-0.2, 0) is 16.1 Å². The van der Waals surface area contributed by atoms with Crippen molar-refractivity contribution in [1.29, 1.82) is 0 Å². The van der Waals surface area contributed by atoms with E-state index in [-0.39, 0.29) is 6.61 Å². The van der Waals surface area contributed by atoms with Crippen LogP contribution in [0.4, 0.5) is 4.79 Å². The second-order valence-electron chi connectivity index (χ2n) is 4.53. The van der Waals surface area contributed by atoms with Crippen LogP contribution < -0.4 is 5.32 Å². The van der Waals surface area contributed by atoms with Crippen LogP contribution in [0.2, 0.25) is 5.02 Å². The van der Waals surface area contributed by atoms with Gasteiger partial charge in [-0.15, -0.1) is 0 Å². The average Bonchev–Trinajstić information content (AvgIpc) is 2.51. The highest BCUT2D eigenvalue weighted by Gasteiger charge is 2.22. The first-order chi connectivity index (χ1) is 10.6. The lowest BCUT2D eigenvalue weighted by atomic mass is 10.1. The predicted octanol–water partition coefficient (Wildman–Crippen LogP) is 3.39. The number of hydrogen-bond donors (Lipinski definition) is 2. The first-order valence-corrected chi connectivity index (χ1v) is 6.89. The lowest BCUT2D eigenvalue weighted by Crippen LogP contribution is -2.34. The maximum atomic E-state index is 11.8. The first-order valence-electron chi connectivity index (χ1n) is 6.52. The predicted molar refractivity (Wildman–Crippen MR) is 81.6 cm³/mol. The van der Waals surface area contributed by atoms with Crippen LogP contribution in [0.5, 0.6) is 0 Å². The van der Waals surface area contributed by atoms with Crippen LogP contribution in [0, 0.1) is 0 Å². The van der Waals surface area contributed by atoms with Gasteiger partial charge in [-0.2, -0.15) is 0 Å². The van der Waals surface area contributed by atoms with Gasteiger partial charge < -0.3 is 15.2 Å². The highest BCUT2D eigenvalue weighted by molar-refractivity contribution is 6.30. The fraction of sp³-hybridized carbons (Fsp3) is 0.125. The molecule has 6 heteroatoms. The van der Waals surface area contributed by atoms with Crippen LogP contribution >= 0.6 is 11.6 Å². The molecule has 2 aromatic carbocycles. The quantitative estimate of drug-likeness (QED) is 0.885. The summed E-state index contributed by atoms with van der Waals surface area (Å²) in [6, 6.07) is 14.2. The van der Waals surface area contributed by atoms with Gasteiger partial charge in [-0.25, -0.2) is 9.59 Å². The minimum Gasteiger partial charge on any atom is -0.479 e. The van der Waals surface area contributed by atoms with Gasteiger partial charge in [-0.3, -0.25) is 0 Å². The van der Waals surface area contributed by atoms with E-state index in [0.717, 1.165) is 5.56 Å². The van der Waals surface area contributed by atoms with Crippen molar-refractivity contribution in [3.05, 3.63) is 70.7 Å². The van der Waals surface area contributed by atoms with Gasteiger partial charge in [-0.05, 0) is 23.3 Å². The summed E-state index contributed by atoms with van der Waals surface area (Å²) in [5.74, 6) is -1.20. The van der Waals surface area contributed by atoms with Gasteiger partial charge >= 0.3 is 12.1 Å². The number of nitrogens with one attached hydrogen (secondary N) is 1. The summed E-state index contributed by atoms with van der Waals surface area (Å²) >= 11 is 5.83. The number of carboxylic acids is 1. The SMILES string of the molecule is O=C(NC(C(=O)O)c1cccc(Cl)c1)OCc1ccccc1. The van der Waals surface area contributed by atoms with E-state index in [4.69, 9.17) is 16.3 Å². The van der Waals surface area contributed by atoms with Crippen LogP contribution in [0.1, 0.15) is 17.2 Å². The van der Waals surface area contributed by atoms with E-state index in [1.54, 1.807) is 30.3 Å². The molecular formula is C16H14ClNO4. The number of alkyl carbamates (subject to hydrolysis) is 1. The Balaban J connectivity index is 1.99. The Morgan fingerprint density at radius 1 is 1.14 bits per heavy atom. The fourth-order valence-electron chi connectivity index (χ4n) is 1.86. The van der Waals surface area contributed by atoms with Crippen molar-refractivity contribution in [3.8, 4) is 0 Å². The largest absolute Gasteiger partial charge is 0.479 e. The van der Waals surface area contributed by atoms with Gasteiger partial charge in [0.25, 0.3) is 0 Å². The molecule has 0 spiro atoms.